The van der Waals surface area contributed by atoms with Gasteiger partial charge in [0.1, 0.15) is 6.10 Å². The molecule has 1 heterocycles. The Kier molecular flexibility index (Phi) is 3.03. The van der Waals surface area contributed by atoms with E-state index in [4.69, 9.17) is 10.5 Å². The van der Waals surface area contributed by atoms with Crippen LogP contribution in [-0.4, -0.2) is 12.1 Å². The summed E-state index contributed by atoms with van der Waals surface area (Å²) in [5.74, 6) is 0.663. The monoisotopic (exact) mass is 206 g/mol. The summed E-state index contributed by atoms with van der Waals surface area (Å²) < 4.78 is 5.50. The third-order valence-corrected chi connectivity index (χ3v) is 3.01. The molecule has 1 aliphatic rings. The molecule has 0 bridgehead atoms. The molecule has 3 nitrogen and oxygen atoms in total. The molecule has 1 fully saturated rings. The van der Waals surface area contributed by atoms with Crippen LogP contribution in [0.15, 0.2) is 12.1 Å². The maximum Gasteiger partial charge on any atom is 0.102 e. The van der Waals surface area contributed by atoms with Gasteiger partial charge < -0.3 is 10.5 Å². The van der Waals surface area contributed by atoms with E-state index in [9.17, 15) is 0 Å². The first-order chi connectivity index (χ1) is 7.26. The van der Waals surface area contributed by atoms with Gasteiger partial charge >= 0.3 is 0 Å². The number of aryl methyl sites for hydroxylation is 1. The molecule has 15 heavy (non-hydrogen) atoms. The molecule has 0 aliphatic heterocycles. The standard InChI is InChI=1S/C12H18N2O/c1-8-3-6-10(14-11(8)7-13)12(15-2)9-4-5-9/h3,6,9,12H,4-5,7,13H2,1-2H3. The van der Waals surface area contributed by atoms with Gasteiger partial charge in [0, 0.05) is 13.7 Å². The van der Waals surface area contributed by atoms with Crippen LogP contribution in [0, 0.1) is 12.8 Å². The summed E-state index contributed by atoms with van der Waals surface area (Å²) in [5.41, 5.74) is 8.82. The number of pyridine rings is 1. The Labute approximate surface area is 90.7 Å². The molecular formula is C12H18N2O. The molecule has 1 aliphatic carbocycles. The summed E-state index contributed by atoms with van der Waals surface area (Å²) in [6.07, 6.45) is 2.67. The molecule has 0 amide bonds. The van der Waals surface area contributed by atoms with Gasteiger partial charge in [0.25, 0.3) is 0 Å². The van der Waals surface area contributed by atoms with Crippen LogP contribution in [0.25, 0.3) is 0 Å². The lowest BCUT2D eigenvalue weighted by molar-refractivity contribution is 0.0809. The Morgan fingerprint density at radius 2 is 2.27 bits per heavy atom. The summed E-state index contributed by atoms with van der Waals surface area (Å²) in [7, 11) is 1.76. The molecule has 3 heteroatoms. The molecule has 1 aromatic heterocycles. The van der Waals surface area contributed by atoms with E-state index in [0.717, 1.165) is 17.0 Å². The van der Waals surface area contributed by atoms with E-state index in [1.165, 1.54) is 12.8 Å². The van der Waals surface area contributed by atoms with Crippen molar-refractivity contribution in [2.45, 2.75) is 32.4 Å². The topological polar surface area (TPSA) is 48.1 Å². The van der Waals surface area contributed by atoms with E-state index in [1.807, 2.05) is 6.92 Å². The third kappa shape index (κ3) is 2.19. The van der Waals surface area contributed by atoms with Crippen molar-refractivity contribution in [3.8, 4) is 0 Å². The van der Waals surface area contributed by atoms with Gasteiger partial charge in [-0.15, -0.1) is 0 Å². The fourth-order valence-corrected chi connectivity index (χ4v) is 1.91. The Bertz CT molecular complexity index is 347. The lowest BCUT2D eigenvalue weighted by Crippen LogP contribution is -2.10. The Morgan fingerprint density at radius 1 is 1.53 bits per heavy atom. The lowest BCUT2D eigenvalue weighted by Gasteiger charge is -2.15. The Morgan fingerprint density at radius 3 is 2.80 bits per heavy atom. The molecule has 0 spiro atoms. The van der Waals surface area contributed by atoms with Crippen molar-refractivity contribution < 1.29 is 4.74 Å². The summed E-state index contributed by atoms with van der Waals surface area (Å²) in [4.78, 5) is 4.57. The fraction of sp³-hybridized carbons (Fsp3) is 0.583. The van der Waals surface area contributed by atoms with Crippen LogP contribution in [0.1, 0.15) is 35.9 Å². The normalized spacial score (nSPS) is 17.8. The van der Waals surface area contributed by atoms with Crippen LogP contribution in [-0.2, 0) is 11.3 Å². The average molecular weight is 206 g/mol. The van der Waals surface area contributed by atoms with Crippen LogP contribution in [0.2, 0.25) is 0 Å². The van der Waals surface area contributed by atoms with Crippen molar-refractivity contribution in [1.29, 1.82) is 0 Å². The Hall–Kier alpha value is -0.930. The largest absolute Gasteiger partial charge is 0.375 e. The molecule has 1 unspecified atom stereocenters. The maximum atomic E-state index is 5.65. The maximum absolute atomic E-state index is 5.65. The zero-order valence-electron chi connectivity index (χ0n) is 9.36. The van der Waals surface area contributed by atoms with Gasteiger partial charge in [-0.3, -0.25) is 4.98 Å². The van der Waals surface area contributed by atoms with E-state index >= 15 is 0 Å². The number of hydrogen-bond acceptors (Lipinski definition) is 3. The second-order valence-corrected chi connectivity index (χ2v) is 4.20. The second-order valence-electron chi connectivity index (χ2n) is 4.20. The predicted octanol–water partition coefficient (Wildman–Crippen LogP) is 1.95. The first-order valence-electron chi connectivity index (χ1n) is 5.45. The van der Waals surface area contributed by atoms with Crippen molar-refractivity contribution in [3.05, 3.63) is 29.1 Å². The summed E-state index contributed by atoms with van der Waals surface area (Å²) >= 11 is 0. The number of aromatic nitrogens is 1. The van der Waals surface area contributed by atoms with Crippen molar-refractivity contribution in [1.82, 2.24) is 4.98 Å². The molecule has 2 rings (SSSR count). The Balaban J connectivity index is 2.26. The number of ether oxygens (including phenoxy) is 1. The van der Waals surface area contributed by atoms with Gasteiger partial charge in [0.2, 0.25) is 0 Å². The van der Waals surface area contributed by atoms with Crippen LogP contribution in [0.5, 0.6) is 0 Å². The highest BCUT2D eigenvalue weighted by atomic mass is 16.5. The highest BCUT2D eigenvalue weighted by Gasteiger charge is 2.33. The quantitative estimate of drug-likeness (QED) is 0.819. The molecular weight excluding hydrogens is 188 g/mol. The molecule has 1 atom stereocenters. The zero-order chi connectivity index (χ0) is 10.8. The van der Waals surface area contributed by atoms with Crippen molar-refractivity contribution in [2.75, 3.05) is 7.11 Å². The smallest absolute Gasteiger partial charge is 0.102 e. The minimum absolute atomic E-state index is 0.163. The van der Waals surface area contributed by atoms with Crippen LogP contribution in [0.3, 0.4) is 0 Å². The molecule has 0 radical (unpaired) electrons. The van der Waals surface area contributed by atoms with E-state index < -0.39 is 0 Å². The number of rotatable bonds is 4. The van der Waals surface area contributed by atoms with Crippen LogP contribution >= 0.6 is 0 Å². The first-order valence-corrected chi connectivity index (χ1v) is 5.45. The van der Waals surface area contributed by atoms with Gasteiger partial charge in [-0.1, -0.05) is 6.07 Å². The summed E-state index contributed by atoms with van der Waals surface area (Å²) in [6.45, 7) is 2.54. The average Bonchev–Trinajstić information content (AvgIpc) is 3.06. The summed E-state index contributed by atoms with van der Waals surface area (Å²) in [6, 6.07) is 4.14. The second kappa shape index (κ2) is 4.29. The SMILES string of the molecule is COC(c1ccc(C)c(CN)n1)C1CC1. The molecule has 1 aromatic rings. The molecule has 2 N–H and O–H groups in total. The van der Waals surface area contributed by atoms with Gasteiger partial charge in [-0.25, -0.2) is 0 Å². The van der Waals surface area contributed by atoms with E-state index in [-0.39, 0.29) is 6.10 Å². The fourth-order valence-electron chi connectivity index (χ4n) is 1.91. The number of nitrogens with two attached hydrogens (primary N) is 1. The molecule has 82 valence electrons. The first kappa shape index (κ1) is 10.6. The predicted molar refractivity (Wildman–Crippen MR) is 59.3 cm³/mol. The number of nitrogens with zero attached hydrogens (tertiary/aromatic N) is 1. The van der Waals surface area contributed by atoms with Gasteiger partial charge in [0.05, 0.1) is 11.4 Å². The highest BCUT2D eigenvalue weighted by molar-refractivity contribution is 5.23. The van der Waals surface area contributed by atoms with Crippen molar-refractivity contribution in [2.24, 2.45) is 11.7 Å². The molecule has 1 saturated carbocycles. The zero-order valence-corrected chi connectivity index (χ0v) is 9.36. The van der Waals surface area contributed by atoms with Gasteiger partial charge in [-0.05, 0) is 37.3 Å². The molecule has 0 aromatic carbocycles. The van der Waals surface area contributed by atoms with E-state index in [0.29, 0.717) is 12.5 Å². The highest BCUT2D eigenvalue weighted by Crippen LogP contribution is 2.42. The summed E-state index contributed by atoms with van der Waals surface area (Å²) in [5, 5.41) is 0. The lowest BCUT2D eigenvalue weighted by atomic mass is 10.1. The van der Waals surface area contributed by atoms with Crippen molar-refractivity contribution in [3.63, 3.8) is 0 Å². The van der Waals surface area contributed by atoms with Crippen LogP contribution in [0.4, 0.5) is 0 Å². The number of methoxy groups -OCH3 is 1. The third-order valence-electron chi connectivity index (χ3n) is 3.01. The van der Waals surface area contributed by atoms with Gasteiger partial charge in [0.15, 0.2) is 0 Å². The minimum Gasteiger partial charge on any atom is -0.375 e. The number of hydrogen-bond donors (Lipinski definition) is 1. The van der Waals surface area contributed by atoms with E-state index in [1.54, 1.807) is 7.11 Å². The van der Waals surface area contributed by atoms with Crippen LogP contribution < -0.4 is 5.73 Å². The van der Waals surface area contributed by atoms with Crippen molar-refractivity contribution >= 4 is 0 Å². The van der Waals surface area contributed by atoms with Gasteiger partial charge in [-0.2, -0.15) is 0 Å². The minimum atomic E-state index is 0.163. The van der Waals surface area contributed by atoms with E-state index in [2.05, 4.69) is 17.1 Å². The molecule has 0 saturated heterocycles.